The van der Waals surface area contributed by atoms with Crippen LogP contribution in [0.25, 0.3) is 0 Å². The molecule has 0 aliphatic rings. The van der Waals surface area contributed by atoms with Crippen LogP contribution in [0.2, 0.25) is 0 Å². The van der Waals surface area contributed by atoms with Gasteiger partial charge < -0.3 is 15.2 Å². The standard InChI is InChI=1S/C17H20BrNO2/c1-12(2)19-10-13-6-7-17(16(18)9-13)21-11-14-4-3-5-15(20)8-14/h3-9,12,19-20H,10-11H2,1-2H3. The molecule has 0 spiro atoms. The summed E-state index contributed by atoms with van der Waals surface area (Å²) in [7, 11) is 0. The van der Waals surface area contributed by atoms with Gasteiger partial charge in [-0.05, 0) is 51.3 Å². The van der Waals surface area contributed by atoms with Crippen LogP contribution < -0.4 is 10.1 Å². The van der Waals surface area contributed by atoms with Crippen LogP contribution in [0.1, 0.15) is 25.0 Å². The van der Waals surface area contributed by atoms with Crippen LogP contribution in [0.15, 0.2) is 46.9 Å². The molecule has 0 heterocycles. The van der Waals surface area contributed by atoms with Crippen LogP contribution in [-0.4, -0.2) is 11.1 Å². The fraction of sp³-hybridized carbons (Fsp3) is 0.294. The summed E-state index contributed by atoms with van der Waals surface area (Å²) in [5, 5.41) is 12.8. The number of nitrogens with one attached hydrogen (secondary N) is 1. The highest BCUT2D eigenvalue weighted by Crippen LogP contribution is 2.27. The molecule has 0 aromatic heterocycles. The molecule has 2 rings (SSSR count). The largest absolute Gasteiger partial charge is 0.508 e. The number of phenolic OH excluding ortho intramolecular Hbond substituents is 1. The van der Waals surface area contributed by atoms with Crippen molar-refractivity contribution < 1.29 is 9.84 Å². The molecule has 21 heavy (non-hydrogen) atoms. The summed E-state index contributed by atoms with van der Waals surface area (Å²) in [5.74, 6) is 1.05. The minimum atomic E-state index is 0.255. The van der Waals surface area contributed by atoms with Gasteiger partial charge in [0.1, 0.15) is 18.1 Å². The second-order valence-corrected chi connectivity index (χ2v) is 6.11. The van der Waals surface area contributed by atoms with Gasteiger partial charge >= 0.3 is 0 Å². The monoisotopic (exact) mass is 349 g/mol. The zero-order valence-electron chi connectivity index (χ0n) is 12.3. The van der Waals surface area contributed by atoms with Crippen molar-refractivity contribution in [2.45, 2.75) is 33.0 Å². The Balaban J connectivity index is 1.97. The maximum Gasteiger partial charge on any atom is 0.134 e. The SMILES string of the molecule is CC(C)NCc1ccc(OCc2cccc(O)c2)c(Br)c1. The van der Waals surface area contributed by atoms with Crippen molar-refractivity contribution in [1.82, 2.24) is 5.32 Å². The molecule has 0 radical (unpaired) electrons. The van der Waals surface area contributed by atoms with Gasteiger partial charge in [-0.3, -0.25) is 0 Å². The molecule has 3 nitrogen and oxygen atoms in total. The summed E-state index contributed by atoms with van der Waals surface area (Å²) in [4.78, 5) is 0. The number of ether oxygens (including phenoxy) is 1. The first-order chi connectivity index (χ1) is 10.0. The lowest BCUT2D eigenvalue weighted by Crippen LogP contribution is -2.21. The Morgan fingerprint density at radius 3 is 2.62 bits per heavy atom. The highest BCUT2D eigenvalue weighted by Gasteiger charge is 2.04. The van der Waals surface area contributed by atoms with Crippen molar-refractivity contribution in [1.29, 1.82) is 0 Å². The average Bonchev–Trinajstić information content (AvgIpc) is 2.44. The van der Waals surface area contributed by atoms with E-state index in [2.05, 4.69) is 47.2 Å². The fourth-order valence-electron chi connectivity index (χ4n) is 1.90. The Kier molecular flexibility index (Phi) is 5.65. The van der Waals surface area contributed by atoms with E-state index in [0.29, 0.717) is 12.6 Å². The fourth-order valence-corrected chi connectivity index (χ4v) is 2.44. The molecule has 0 bridgehead atoms. The number of aromatic hydroxyl groups is 1. The molecule has 2 aromatic carbocycles. The van der Waals surface area contributed by atoms with E-state index < -0.39 is 0 Å². The molecule has 0 saturated heterocycles. The zero-order valence-corrected chi connectivity index (χ0v) is 13.9. The third-order valence-corrected chi connectivity index (χ3v) is 3.64. The molecule has 0 aliphatic carbocycles. The van der Waals surface area contributed by atoms with E-state index in [1.54, 1.807) is 12.1 Å². The Morgan fingerprint density at radius 1 is 1.14 bits per heavy atom. The average molecular weight is 350 g/mol. The lowest BCUT2D eigenvalue weighted by Gasteiger charge is -2.12. The minimum absolute atomic E-state index is 0.255. The third kappa shape index (κ3) is 5.06. The molecule has 0 amide bonds. The molecule has 0 atom stereocenters. The summed E-state index contributed by atoms with van der Waals surface area (Å²) in [5.41, 5.74) is 2.15. The van der Waals surface area contributed by atoms with Gasteiger partial charge in [0.15, 0.2) is 0 Å². The molecule has 4 heteroatoms. The summed E-state index contributed by atoms with van der Waals surface area (Å²) in [6.45, 7) is 5.52. The van der Waals surface area contributed by atoms with Crippen molar-refractivity contribution in [2.24, 2.45) is 0 Å². The number of benzene rings is 2. The van der Waals surface area contributed by atoms with Crippen molar-refractivity contribution in [3.8, 4) is 11.5 Å². The van der Waals surface area contributed by atoms with E-state index in [1.807, 2.05) is 18.2 Å². The summed E-state index contributed by atoms with van der Waals surface area (Å²) >= 11 is 3.54. The number of hydrogen-bond acceptors (Lipinski definition) is 3. The van der Waals surface area contributed by atoms with E-state index in [9.17, 15) is 5.11 Å². The topological polar surface area (TPSA) is 41.5 Å². The van der Waals surface area contributed by atoms with Crippen LogP contribution in [0.5, 0.6) is 11.5 Å². The van der Waals surface area contributed by atoms with Crippen LogP contribution >= 0.6 is 15.9 Å². The predicted octanol–water partition coefficient (Wildman–Crippen LogP) is 4.23. The van der Waals surface area contributed by atoms with Gasteiger partial charge in [-0.2, -0.15) is 0 Å². The molecule has 0 unspecified atom stereocenters. The van der Waals surface area contributed by atoms with E-state index in [0.717, 1.165) is 22.3 Å². The van der Waals surface area contributed by atoms with E-state index in [4.69, 9.17) is 4.74 Å². The predicted molar refractivity (Wildman–Crippen MR) is 88.6 cm³/mol. The Labute approximate surface area is 134 Å². The first-order valence-corrected chi connectivity index (χ1v) is 7.76. The highest BCUT2D eigenvalue weighted by molar-refractivity contribution is 9.10. The van der Waals surface area contributed by atoms with Gasteiger partial charge in [-0.15, -0.1) is 0 Å². The lowest BCUT2D eigenvalue weighted by atomic mass is 10.2. The molecule has 0 fully saturated rings. The normalized spacial score (nSPS) is 10.9. The number of hydrogen-bond donors (Lipinski definition) is 2. The van der Waals surface area contributed by atoms with Crippen LogP contribution in [0.3, 0.4) is 0 Å². The lowest BCUT2D eigenvalue weighted by molar-refractivity contribution is 0.303. The van der Waals surface area contributed by atoms with Gasteiger partial charge in [0, 0.05) is 12.6 Å². The quantitative estimate of drug-likeness (QED) is 0.819. The summed E-state index contributed by atoms with van der Waals surface area (Å²) in [6, 6.07) is 13.6. The number of rotatable bonds is 6. The Hall–Kier alpha value is -1.52. The molecule has 0 aliphatic heterocycles. The zero-order chi connectivity index (χ0) is 15.2. The smallest absolute Gasteiger partial charge is 0.134 e. The highest BCUT2D eigenvalue weighted by atomic mass is 79.9. The van der Waals surface area contributed by atoms with E-state index in [-0.39, 0.29) is 5.75 Å². The molecular weight excluding hydrogens is 330 g/mol. The first-order valence-electron chi connectivity index (χ1n) is 6.97. The van der Waals surface area contributed by atoms with Crippen molar-refractivity contribution >= 4 is 15.9 Å². The molecule has 2 aromatic rings. The third-order valence-electron chi connectivity index (χ3n) is 3.02. The molecular formula is C17H20BrNO2. The Morgan fingerprint density at radius 2 is 1.95 bits per heavy atom. The van der Waals surface area contributed by atoms with E-state index in [1.165, 1.54) is 5.56 Å². The molecule has 112 valence electrons. The van der Waals surface area contributed by atoms with Crippen molar-refractivity contribution in [3.63, 3.8) is 0 Å². The number of phenols is 1. The van der Waals surface area contributed by atoms with Crippen molar-refractivity contribution in [3.05, 3.63) is 58.1 Å². The van der Waals surface area contributed by atoms with Gasteiger partial charge in [-0.1, -0.05) is 32.0 Å². The van der Waals surface area contributed by atoms with Crippen LogP contribution in [-0.2, 0) is 13.2 Å². The van der Waals surface area contributed by atoms with Gasteiger partial charge in [-0.25, -0.2) is 0 Å². The number of halogens is 1. The second kappa shape index (κ2) is 7.48. The van der Waals surface area contributed by atoms with Crippen LogP contribution in [0.4, 0.5) is 0 Å². The summed E-state index contributed by atoms with van der Waals surface area (Å²) < 4.78 is 6.72. The minimum Gasteiger partial charge on any atom is -0.508 e. The first kappa shape index (κ1) is 15.9. The van der Waals surface area contributed by atoms with Gasteiger partial charge in [0.2, 0.25) is 0 Å². The van der Waals surface area contributed by atoms with Gasteiger partial charge in [0.05, 0.1) is 4.47 Å². The van der Waals surface area contributed by atoms with E-state index >= 15 is 0 Å². The van der Waals surface area contributed by atoms with Crippen molar-refractivity contribution in [2.75, 3.05) is 0 Å². The maximum absolute atomic E-state index is 9.43. The molecule has 0 saturated carbocycles. The van der Waals surface area contributed by atoms with Gasteiger partial charge in [0.25, 0.3) is 0 Å². The second-order valence-electron chi connectivity index (χ2n) is 5.26. The Bertz CT molecular complexity index is 599. The maximum atomic E-state index is 9.43. The molecule has 2 N–H and O–H groups in total. The summed E-state index contributed by atoms with van der Waals surface area (Å²) in [6.07, 6.45) is 0. The van der Waals surface area contributed by atoms with Crippen LogP contribution in [0, 0.1) is 0 Å².